The maximum absolute atomic E-state index is 11.2. The van der Waals surface area contributed by atoms with Gasteiger partial charge in [-0.15, -0.1) is 11.3 Å². The molecule has 0 unspecified atom stereocenters. The third-order valence-corrected chi connectivity index (χ3v) is 4.24. The number of hydrogen-bond acceptors (Lipinski definition) is 5. The van der Waals surface area contributed by atoms with E-state index in [1.807, 2.05) is 37.3 Å². The van der Waals surface area contributed by atoms with Crippen molar-refractivity contribution in [3.8, 4) is 5.75 Å². The number of anilines is 1. The molecule has 0 saturated carbocycles. The van der Waals surface area contributed by atoms with Gasteiger partial charge in [0, 0.05) is 22.0 Å². The number of carbonyl (C=O) groups excluding carboxylic acids is 1. The molecule has 0 spiro atoms. The van der Waals surface area contributed by atoms with E-state index in [0.717, 1.165) is 28.4 Å². The average molecular weight is 305 g/mol. The first-order valence-corrected chi connectivity index (χ1v) is 7.47. The van der Waals surface area contributed by atoms with Crippen LogP contribution in [0.2, 0.25) is 0 Å². The molecule has 0 aliphatic heterocycles. The van der Waals surface area contributed by atoms with Gasteiger partial charge >= 0.3 is 5.97 Å². The van der Waals surface area contributed by atoms with Crippen LogP contribution in [0.4, 0.5) is 5.69 Å². The minimum atomic E-state index is -0.206. The van der Waals surface area contributed by atoms with Gasteiger partial charge in [0.1, 0.15) is 5.75 Å². The molecule has 0 aliphatic carbocycles. The smallest absolute Gasteiger partial charge is 0.310 e. The fraction of sp³-hybridized carbons (Fsp3) is 0.312. The number of carbonyl (C=O) groups is 1. The second-order valence-corrected chi connectivity index (χ2v) is 5.91. The third-order valence-electron chi connectivity index (χ3n) is 3.15. The van der Waals surface area contributed by atoms with E-state index >= 15 is 0 Å². The number of thiophene rings is 1. The minimum absolute atomic E-state index is 0.206. The lowest BCUT2D eigenvalue weighted by atomic mass is 10.2. The Morgan fingerprint density at radius 3 is 2.62 bits per heavy atom. The molecule has 0 bridgehead atoms. The summed E-state index contributed by atoms with van der Waals surface area (Å²) in [5.41, 5.74) is 2.22. The summed E-state index contributed by atoms with van der Waals surface area (Å²) in [4.78, 5) is 13.4. The zero-order chi connectivity index (χ0) is 15.2. The van der Waals surface area contributed by atoms with Crippen LogP contribution in [0.5, 0.6) is 5.75 Å². The largest absolute Gasteiger partial charge is 0.497 e. The highest BCUT2D eigenvalue weighted by atomic mass is 32.1. The van der Waals surface area contributed by atoms with Gasteiger partial charge < -0.3 is 14.8 Å². The van der Waals surface area contributed by atoms with Crippen LogP contribution in [-0.2, 0) is 22.5 Å². The molecule has 0 atom stereocenters. The normalized spacial score (nSPS) is 10.2. The minimum Gasteiger partial charge on any atom is -0.497 e. The number of hydrogen-bond donors (Lipinski definition) is 1. The summed E-state index contributed by atoms with van der Waals surface area (Å²) in [5, 5.41) is 3.40. The number of aryl methyl sites for hydroxylation is 1. The van der Waals surface area contributed by atoms with E-state index in [9.17, 15) is 4.79 Å². The highest BCUT2D eigenvalue weighted by Crippen LogP contribution is 2.23. The van der Waals surface area contributed by atoms with E-state index in [1.54, 1.807) is 18.4 Å². The molecule has 0 radical (unpaired) electrons. The molecule has 1 aromatic carbocycles. The summed E-state index contributed by atoms with van der Waals surface area (Å²) in [5.74, 6) is 0.650. The van der Waals surface area contributed by atoms with Gasteiger partial charge in [0.25, 0.3) is 0 Å². The van der Waals surface area contributed by atoms with Crippen molar-refractivity contribution < 1.29 is 14.3 Å². The Morgan fingerprint density at radius 2 is 1.95 bits per heavy atom. The Bertz CT molecular complexity index is 622. The lowest BCUT2D eigenvalue weighted by molar-refractivity contribution is -0.139. The number of benzene rings is 1. The number of esters is 1. The predicted molar refractivity (Wildman–Crippen MR) is 85.1 cm³/mol. The van der Waals surface area contributed by atoms with Gasteiger partial charge in [0.05, 0.1) is 20.6 Å². The van der Waals surface area contributed by atoms with Gasteiger partial charge in [-0.1, -0.05) is 0 Å². The Kier molecular flexibility index (Phi) is 5.22. The highest BCUT2D eigenvalue weighted by Gasteiger charge is 2.07. The fourth-order valence-electron chi connectivity index (χ4n) is 1.97. The highest BCUT2D eigenvalue weighted by molar-refractivity contribution is 7.12. The molecule has 2 rings (SSSR count). The van der Waals surface area contributed by atoms with Gasteiger partial charge in [0.2, 0.25) is 0 Å². The first-order chi connectivity index (χ1) is 10.1. The summed E-state index contributed by atoms with van der Waals surface area (Å²) in [7, 11) is 3.07. The quantitative estimate of drug-likeness (QED) is 0.831. The van der Waals surface area contributed by atoms with Crippen molar-refractivity contribution in [2.24, 2.45) is 0 Å². The number of rotatable bonds is 6. The number of nitrogens with one attached hydrogen (secondary N) is 1. The Hall–Kier alpha value is -2.01. The molecule has 112 valence electrons. The van der Waals surface area contributed by atoms with Gasteiger partial charge in [-0.3, -0.25) is 4.79 Å². The van der Waals surface area contributed by atoms with Crippen molar-refractivity contribution >= 4 is 23.0 Å². The second kappa shape index (κ2) is 7.13. The Morgan fingerprint density at radius 1 is 1.19 bits per heavy atom. The molecule has 5 heteroatoms. The summed E-state index contributed by atoms with van der Waals surface area (Å²) >= 11 is 1.62. The van der Waals surface area contributed by atoms with E-state index in [1.165, 1.54) is 12.0 Å². The van der Waals surface area contributed by atoms with Gasteiger partial charge in [-0.25, -0.2) is 0 Å². The lowest BCUT2D eigenvalue weighted by Crippen LogP contribution is -2.02. The summed E-state index contributed by atoms with van der Waals surface area (Å²) in [6.07, 6.45) is 0.336. The van der Waals surface area contributed by atoms with Crippen LogP contribution in [0.15, 0.2) is 30.3 Å². The molecule has 4 nitrogen and oxygen atoms in total. The zero-order valence-electron chi connectivity index (χ0n) is 12.4. The Balaban J connectivity index is 1.95. The molecule has 0 fully saturated rings. The lowest BCUT2D eigenvalue weighted by Gasteiger charge is -2.10. The molecule has 1 heterocycles. The van der Waals surface area contributed by atoms with Crippen molar-refractivity contribution in [1.29, 1.82) is 0 Å². The summed E-state index contributed by atoms with van der Waals surface area (Å²) < 4.78 is 9.86. The molecule has 0 amide bonds. The van der Waals surface area contributed by atoms with E-state index in [-0.39, 0.29) is 5.97 Å². The van der Waals surface area contributed by atoms with Crippen LogP contribution < -0.4 is 10.1 Å². The monoisotopic (exact) mass is 305 g/mol. The molecule has 1 N–H and O–H groups in total. The van der Waals surface area contributed by atoms with Crippen LogP contribution in [0, 0.1) is 6.92 Å². The van der Waals surface area contributed by atoms with Gasteiger partial charge in [-0.2, -0.15) is 0 Å². The topological polar surface area (TPSA) is 47.6 Å². The second-order valence-electron chi connectivity index (χ2n) is 4.66. The van der Waals surface area contributed by atoms with E-state index in [4.69, 9.17) is 4.74 Å². The van der Waals surface area contributed by atoms with Crippen LogP contribution >= 0.6 is 11.3 Å². The van der Waals surface area contributed by atoms with Crippen LogP contribution in [0.25, 0.3) is 0 Å². The van der Waals surface area contributed by atoms with Crippen molar-refractivity contribution in [3.63, 3.8) is 0 Å². The third kappa shape index (κ3) is 4.23. The van der Waals surface area contributed by atoms with E-state index in [0.29, 0.717) is 6.42 Å². The average Bonchev–Trinajstić information content (AvgIpc) is 2.93. The molecular formula is C16H19NO3S. The number of ether oxygens (including phenoxy) is 2. The SMILES string of the molecule is COC(=O)Cc1ccc(CNc2ccc(OC)cc2C)s1. The summed E-state index contributed by atoms with van der Waals surface area (Å²) in [6.45, 7) is 2.78. The predicted octanol–water partition coefficient (Wildman–Crippen LogP) is 3.39. The van der Waals surface area contributed by atoms with Crippen LogP contribution in [0.1, 0.15) is 15.3 Å². The Labute approximate surface area is 128 Å². The zero-order valence-corrected chi connectivity index (χ0v) is 13.3. The molecular weight excluding hydrogens is 286 g/mol. The van der Waals surface area contributed by atoms with Crippen LogP contribution in [-0.4, -0.2) is 20.2 Å². The maximum atomic E-state index is 11.2. The maximum Gasteiger partial charge on any atom is 0.310 e. The summed E-state index contributed by atoms with van der Waals surface area (Å²) in [6, 6.07) is 9.96. The van der Waals surface area contributed by atoms with Gasteiger partial charge in [-0.05, 0) is 42.8 Å². The number of methoxy groups -OCH3 is 2. The molecule has 21 heavy (non-hydrogen) atoms. The molecule has 0 aliphatic rings. The first-order valence-electron chi connectivity index (χ1n) is 6.65. The van der Waals surface area contributed by atoms with E-state index < -0.39 is 0 Å². The molecule has 0 saturated heterocycles. The molecule has 2 aromatic rings. The van der Waals surface area contributed by atoms with Crippen molar-refractivity contribution in [1.82, 2.24) is 0 Å². The van der Waals surface area contributed by atoms with Crippen molar-refractivity contribution in [2.75, 3.05) is 19.5 Å². The van der Waals surface area contributed by atoms with E-state index in [2.05, 4.69) is 10.1 Å². The fourth-order valence-corrected chi connectivity index (χ4v) is 2.91. The standard InChI is InChI=1S/C16H19NO3S/c1-11-8-12(19-2)4-7-15(11)17-10-14-6-5-13(21-14)9-16(18)20-3/h4-8,17H,9-10H2,1-3H3. The molecule has 1 aromatic heterocycles. The van der Waals surface area contributed by atoms with Crippen molar-refractivity contribution in [2.45, 2.75) is 19.9 Å². The van der Waals surface area contributed by atoms with Gasteiger partial charge in [0.15, 0.2) is 0 Å². The van der Waals surface area contributed by atoms with Crippen LogP contribution in [0.3, 0.4) is 0 Å². The van der Waals surface area contributed by atoms with Crippen molar-refractivity contribution in [3.05, 3.63) is 45.6 Å². The first kappa shape index (κ1) is 15.4.